The molecule has 0 N–H and O–H groups in total. The Labute approximate surface area is 101 Å². The summed E-state index contributed by atoms with van der Waals surface area (Å²) < 4.78 is 10.7. The zero-order valence-electron chi connectivity index (χ0n) is 10.3. The van der Waals surface area contributed by atoms with E-state index in [1.165, 1.54) is 6.92 Å². The molecule has 2 aliphatic heterocycles. The van der Waals surface area contributed by atoms with Crippen molar-refractivity contribution in [2.75, 3.05) is 19.7 Å². The van der Waals surface area contributed by atoms with Gasteiger partial charge in [-0.2, -0.15) is 0 Å². The Bertz CT molecular complexity index is 306. The molecule has 96 valence electrons. The molecule has 0 aromatic heterocycles. The Morgan fingerprint density at radius 1 is 1.35 bits per heavy atom. The fourth-order valence-electron chi connectivity index (χ4n) is 2.65. The zero-order valence-corrected chi connectivity index (χ0v) is 10.3. The number of morpholine rings is 1. The van der Waals surface area contributed by atoms with E-state index in [0.717, 1.165) is 12.8 Å². The minimum atomic E-state index is -0.748. The summed E-state index contributed by atoms with van der Waals surface area (Å²) in [6.45, 7) is 4.80. The van der Waals surface area contributed by atoms with E-state index in [1.54, 1.807) is 6.92 Å². The van der Waals surface area contributed by atoms with E-state index in [2.05, 4.69) is 0 Å². The third-order valence-electron chi connectivity index (χ3n) is 3.33. The molecule has 2 saturated heterocycles. The van der Waals surface area contributed by atoms with E-state index in [1.807, 2.05) is 4.90 Å². The number of nitrogens with zero attached hydrogens (tertiary/aromatic N) is 1. The number of carbonyl (C=O) groups excluding carboxylic acids is 2. The van der Waals surface area contributed by atoms with Crippen molar-refractivity contribution in [1.82, 2.24) is 4.90 Å². The number of ether oxygens (including phenoxy) is 2. The standard InChI is InChI=1S/C12H19NO4/c1-3-16-12(15)11(8(2)14)13-6-9-4-5-10(7-13)17-9/h9-11H,3-7H2,1-2H3. The van der Waals surface area contributed by atoms with E-state index in [4.69, 9.17) is 9.47 Å². The van der Waals surface area contributed by atoms with Crippen LogP contribution in [0.2, 0.25) is 0 Å². The second-order valence-electron chi connectivity index (χ2n) is 4.68. The van der Waals surface area contributed by atoms with Crippen molar-refractivity contribution in [3.05, 3.63) is 0 Å². The van der Waals surface area contributed by atoms with Crippen molar-refractivity contribution in [3.63, 3.8) is 0 Å². The summed E-state index contributed by atoms with van der Waals surface area (Å²) in [5.41, 5.74) is 0. The van der Waals surface area contributed by atoms with E-state index in [0.29, 0.717) is 19.7 Å². The Kier molecular flexibility index (Phi) is 3.79. The molecule has 0 amide bonds. The average molecular weight is 241 g/mol. The van der Waals surface area contributed by atoms with Gasteiger partial charge < -0.3 is 9.47 Å². The molecular formula is C12H19NO4. The molecule has 2 bridgehead atoms. The molecule has 0 aromatic carbocycles. The first-order valence-electron chi connectivity index (χ1n) is 6.18. The van der Waals surface area contributed by atoms with Crippen LogP contribution in [0.3, 0.4) is 0 Å². The largest absolute Gasteiger partial charge is 0.464 e. The first-order valence-corrected chi connectivity index (χ1v) is 6.18. The predicted octanol–water partition coefficient (Wildman–Crippen LogP) is 0.370. The smallest absolute Gasteiger partial charge is 0.331 e. The summed E-state index contributed by atoms with van der Waals surface area (Å²) in [5.74, 6) is -0.578. The lowest BCUT2D eigenvalue weighted by Gasteiger charge is -2.35. The van der Waals surface area contributed by atoms with Crippen molar-refractivity contribution < 1.29 is 19.1 Å². The second-order valence-corrected chi connectivity index (χ2v) is 4.68. The summed E-state index contributed by atoms with van der Waals surface area (Å²) in [5, 5.41) is 0. The fraction of sp³-hybridized carbons (Fsp3) is 0.833. The number of hydrogen-bond acceptors (Lipinski definition) is 5. The Morgan fingerprint density at radius 3 is 2.41 bits per heavy atom. The van der Waals surface area contributed by atoms with Crippen LogP contribution in [0.5, 0.6) is 0 Å². The first kappa shape index (κ1) is 12.5. The monoisotopic (exact) mass is 241 g/mol. The van der Waals surface area contributed by atoms with E-state index in [9.17, 15) is 9.59 Å². The maximum atomic E-state index is 11.8. The lowest BCUT2D eigenvalue weighted by molar-refractivity contribution is -0.156. The zero-order chi connectivity index (χ0) is 12.4. The van der Waals surface area contributed by atoms with Gasteiger partial charge in [-0.3, -0.25) is 9.69 Å². The number of rotatable bonds is 4. The fourth-order valence-corrected chi connectivity index (χ4v) is 2.65. The lowest BCUT2D eigenvalue weighted by atomic mass is 10.1. The van der Waals surface area contributed by atoms with Gasteiger partial charge in [0.1, 0.15) is 0 Å². The second kappa shape index (κ2) is 5.14. The molecule has 3 atom stereocenters. The minimum Gasteiger partial charge on any atom is -0.464 e. The van der Waals surface area contributed by atoms with Gasteiger partial charge in [0.2, 0.25) is 0 Å². The summed E-state index contributed by atoms with van der Waals surface area (Å²) in [6.07, 6.45) is 2.39. The minimum absolute atomic E-state index is 0.148. The Hall–Kier alpha value is -0.940. The van der Waals surface area contributed by atoms with Crippen LogP contribution in [0.15, 0.2) is 0 Å². The van der Waals surface area contributed by atoms with Crippen molar-refractivity contribution >= 4 is 11.8 Å². The summed E-state index contributed by atoms with van der Waals surface area (Å²) in [6, 6.07) is -0.748. The maximum Gasteiger partial charge on any atom is 0.331 e. The molecule has 2 rings (SSSR count). The summed E-state index contributed by atoms with van der Waals surface area (Å²) in [4.78, 5) is 25.3. The molecule has 0 aromatic rings. The van der Waals surface area contributed by atoms with Gasteiger partial charge in [0.25, 0.3) is 0 Å². The molecule has 5 nitrogen and oxygen atoms in total. The van der Waals surface area contributed by atoms with Crippen LogP contribution in [0.1, 0.15) is 26.7 Å². The number of fused-ring (bicyclic) bond motifs is 2. The average Bonchev–Trinajstić information content (AvgIpc) is 2.58. The van der Waals surface area contributed by atoms with Crippen LogP contribution in [0.25, 0.3) is 0 Å². The molecule has 0 aliphatic carbocycles. The molecule has 0 radical (unpaired) electrons. The van der Waals surface area contributed by atoms with Crippen molar-refractivity contribution in [3.8, 4) is 0 Å². The molecule has 2 aliphatic rings. The topological polar surface area (TPSA) is 55.8 Å². The molecule has 0 saturated carbocycles. The van der Waals surface area contributed by atoms with Crippen LogP contribution in [0, 0.1) is 0 Å². The molecule has 17 heavy (non-hydrogen) atoms. The number of esters is 1. The van der Waals surface area contributed by atoms with Gasteiger partial charge in [0.05, 0.1) is 18.8 Å². The van der Waals surface area contributed by atoms with Gasteiger partial charge in [-0.25, -0.2) is 4.79 Å². The number of Topliss-reactive ketones (excluding diaryl/α,β-unsaturated/α-hetero) is 1. The maximum absolute atomic E-state index is 11.8. The number of hydrogen-bond donors (Lipinski definition) is 0. The van der Waals surface area contributed by atoms with E-state index < -0.39 is 12.0 Å². The van der Waals surface area contributed by atoms with Crippen LogP contribution >= 0.6 is 0 Å². The Balaban J connectivity index is 2.06. The third kappa shape index (κ3) is 2.66. The highest BCUT2D eigenvalue weighted by atomic mass is 16.5. The molecule has 0 spiro atoms. The molecule has 3 unspecified atom stereocenters. The number of likely N-dealkylation sites (tertiary alicyclic amines) is 1. The normalized spacial score (nSPS) is 30.0. The van der Waals surface area contributed by atoms with Crippen molar-refractivity contribution in [1.29, 1.82) is 0 Å². The molecule has 5 heteroatoms. The van der Waals surface area contributed by atoms with E-state index in [-0.39, 0.29) is 18.0 Å². The summed E-state index contributed by atoms with van der Waals surface area (Å²) in [7, 11) is 0. The van der Waals surface area contributed by atoms with Crippen molar-refractivity contribution in [2.45, 2.75) is 44.9 Å². The van der Waals surface area contributed by atoms with Gasteiger partial charge in [0.15, 0.2) is 11.8 Å². The highest BCUT2D eigenvalue weighted by Crippen LogP contribution is 2.27. The molecule has 2 fully saturated rings. The number of ketones is 1. The highest BCUT2D eigenvalue weighted by Gasteiger charge is 2.41. The van der Waals surface area contributed by atoms with Crippen LogP contribution in [0.4, 0.5) is 0 Å². The van der Waals surface area contributed by atoms with Gasteiger partial charge in [-0.1, -0.05) is 0 Å². The predicted molar refractivity (Wildman–Crippen MR) is 60.6 cm³/mol. The van der Waals surface area contributed by atoms with Gasteiger partial charge in [-0.15, -0.1) is 0 Å². The molecular weight excluding hydrogens is 222 g/mol. The molecule has 2 heterocycles. The summed E-state index contributed by atoms with van der Waals surface area (Å²) >= 11 is 0. The van der Waals surface area contributed by atoms with Crippen molar-refractivity contribution in [2.24, 2.45) is 0 Å². The van der Waals surface area contributed by atoms with Crippen LogP contribution < -0.4 is 0 Å². The highest BCUT2D eigenvalue weighted by molar-refractivity contribution is 6.01. The quantitative estimate of drug-likeness (QED) is 0.526. The first-order chi connectivity index (χ1) is 8.11. The van der Waals surface area contributed by atoms with Gasteiger partial charge in [-0.05, 0) is 26.7 Å². The van der Waals surface area contributed by atoms with Gasteiger partial charge >= 0.3 is 5.97 Å². The SMILES string of the molecule is CCOC(=O)C(C(C)=O)N1CC2CCC(C1)O2. The Morgan fingerprint density at radius 2 is 1.94 bits per heavy atom. The van der Waals surface area contributed by atoms with Crippen LogP contribution in [-0.4, -0.2) is 54.6 Å². The lowest BCUT2D eigenvalue weighted by Crippen LogP contribution is -2.54. The van der Waals surface area contributed by atoms with E-state index >= 15 is 0 Å². The number of carbonyl (C=O) groups is 2. The van der Waals surface area contributed by atoms with Crippen LogP contribution in [-0.2, 0) is 19.1 Å². The van der Waals surface area contributed by atoms with Gasteiger partial charge in [0, 0.05) is 13.1 Å². The third-order valence-corrected chi connectivity index (χ3v) is 3.33.